The van der Waals surface area contributed by atoms with E-state index in [0.717, 1.165) is 6.07 Å². The summed E-state index contributed by atoms with van der Waals surface area (Å²) in [6, 6.07) is 2.45. The Morgan fingerprint density at radius 3 is 2.42 bits per heavy atom. The van der Waals surface area contributed by atoms with Gasteiger partial charge in [-0.2, -0.15) is 0 Å². The molecule has 1 aromatic carbocycles. The highest BCUT2D eigenvalue weighted by molar-refractivity contribution is 6.01. The summed E-state index contributed by atoms with van der Waals surface area (Å²) in [7, 11) is 0. The number of anilines is 2. The molecule has 0 aliphatic carbocycles. The Morgan fingerprint density at radius 1 is 1.33 bits per heavy atom. The van der Waals surface area contributed by atoms with Crippen LogP contribution in [0.15, 0.2) is 12.1 Å². The summed E-state index contributed by atoms with van der Waals surface area (Å²) in [4.78, 5) is 10.9. The Labute approximate surface area is 69.2 Å². The molecule has 0 bridgehead atoms. The van der Waals surface area contributed by atoms with Gasteiger partial charge in [-0.05, 0) is 19.1 Å². The minimum Gasteiger partial charge on any atom is -0.396 e. The van der Waals surface area contributed by atoms with Crippen molar-refractivity contribution in [2.24, 2.45) is 0 Å². The fraction of sp³-hybridized carbons (Fsp3) is 0.125. The minimum atomic E-state index is -0.600. The highest BCUT2D eigenvalue weighted by Gasteiger charge is 2.10. The molecule has 0 unspecified atom stereocenters. The number of nitrogen functional groups attached to an aromatic ring is 2. The standard InChI is InChI=1S/C8H9FN2O/c1-4(12)5-2-3-6(9)8(11)7(5)10/h2-3H,10-11H2,1H3. The largest absolute Gasteiger partial charge is 0.396 e. The number of carbonyl (C=O) groups is 1. The molecule has 4 heteroatoms. The van der Waals surface area contributed by atoms with Gasteiger partial charge in [0.2, 0.25) is 0 Å². The summed E-state index contributed by atoms with van der Waals surface area (Å²) in [5, 5.41) is 0. The molecule has 0 aliphatic rings. The fourth-order valence-corrected chi connectivity index (χ4v) is 0.917. The molecule has 12 heavy (non-hydrogen) atoms. The van der Waals surface area contributed by atoms with Crippen molar-refractivity contribution in [2.45, 2.75) is 6.92 Å². The maximum atomic E-state index is 12.7. The van der Waals surface area contributed by atoms with Crippen molar-refractivity contribution < 1.29 is 9.18 Å². The molecule has 0 spiro atoms. The Bertz CT molecular complexity index is 336. The highest BCUT2D eigenvalue weighted by Crippen LogP contribution is 2.23. The second-order valence-corrected chi connectivity index (χ2v) is 2.48. The molecule has 3 nitrogen and oxygen atoms in total. The summed E-state index contributed by atoms with van der Waals surface area (Å²) in [6.45, 7) is 1.35. The molecular weight excluding hydrogens is 159 g/mol. The average Bonchev–Trinajstić information content (AvgIpc) is 2.00. The zero-order valence-corrected chi connectivity index (χ0v) is 6.60. The third-order valence-electron chi connectivity index (χ3n) is 1.61. The predicted octanol–water partition coefficient (Wildman–Crippen LogP) is 1.19. The number of hydrogen-bond donors (Lipinski definition) is 2. The van der Waals surface area contributed by atoms with Crippen molar-refractivity contribution in [3.8, 4) is 0 Å². The number of benzene rings is 1. The molecule has 0 aromatic heterocycles. The molecule has 4 N–H and O–H groups in total. The number of halogens is 1. The number of Topliss-reactive ketones (excluding diaryl/α,β-unsaturated/α-hetero) is 1. The van der Waals surface area contributed by atoms with Crippen LogP contribution in [0.3, 0.4) is 0 Å². The Balaban J connectivity index is 3.36. The van der Waals surface area contributed by atoms with E-state index in [1.165, 1.54) is 13.0 Å². The molecule has 0 aliphatic heterocycles. The van der Waals surface area contributed by atoms with Crippen LogP contribution in [-0.2, 0) is 0 Å². The topological polar surface area (TPSA) is 69.1 Å². The van der Waals surface area contributed by atoms with Crippen molar-refractivity contribution in [3.63, 3.8) is 0 Å². The van der Waals surface area contributed by atoms with Crippen LogP contribution in [-0.4, -0.2) is 5.78 Å². The smallest absolute Gasteiger partial charge is 0.161 e. The van der Waals surface area contributed by atoms with Crippen molar-refractivity contribution in [1.29, 1.82) is 0 Å². The van der Waals surface area contributed by atoms with E-state index in [9.17, 15) is 9.18 Å². The second kappa shape index (κ2) is 2.81. The zero-order valence-electron chi connectivity index (χ0n) is 6.60. The molecule has 0 saturated heterocycles. The van der Waals surface area contributed by atoms with E-state index in [0.29, 0.717) is 0 Å². The maximum Gasteiger partial charge on any atom is 0.161 e. The first-order valence-corrected chi connectivity index (χ1v) is 3.38. The summed E-state index contributed by atoms with van der Waals surface area (Å²) in [6.07, 6.45) is 0. The van der Waals surface area contributed by atoms with Crippen LogP contribution >= 0.6 is 0 Å². The molecule has 1 rings (SSSR count). The van der Waals surface area contributed by atoms with Gasteiger partial charge < -0.3 is 11.5 Å². The highest BCUT2D eigenvalue weighted by atomic mass is 19.1. The van der Waals surface area contributed by atoms with E-state index in [2.05, 4.69) is 0 Å². The van der Waals surface area contributed by atoms with Gasteiger partial charge in [0, 0.05) is 5.56 Å². The summed E-state index contributed by atoms with van der Waals surface area (Å²) in [5.74, 6) is -0.822. The first kappa shape index (κ1) is 8.52. The van der Waals surface area contributed by atoms with Crippen LogP contribution in [0.5, 0.6) is 0 Å². The van der Waals surface area contributed by atoms with Crippen LogP contribution in [0, 0.1) is 5.82 Å². The van der Waals surface area contributed by atoms with Crippen molar-refractivity contribution in [1.82, 2.24) is 0 Å². The number of ketones is 1. The molecule has 0 heterocycles. The van der Waals surface area contributed by atoms with E-state index in [-0.39, 0.29) is 22.7 Å². The van der Waals surface area contributed by atoms with E-state index in [1.54, 1.807) is 0 Å². The lowest BCUT2D eigenvalue weighted by Crippen LogP contribution is -2.05. The van der Waals surface area contributed by atoms with Gasteiger partial charge in [-0.15, -0.1) is 0 Å². The normalized spacial score (nSPS) is 9.83. The average molecular weight is 168 g/mol. The van der Waals surface area contributed by atoms with E-state index < -0.39 is 5.82 Å². The van der Waals surface area contributed by atoms with Gasteiger partial charge in [0.1, 0.15) is 5.82 Å². The Hall–Kier alpha value is -1.58. The Morgan fingerprint density at radius 2 is 1.92 bits per heavy atom. The lowest BCUT2D eigenvalue weighted by molar-refractivity contribution is 0.101. The second-order valence-electron chi connectivity index (χ2n) is 2.48. The monoisotopic (exact) mass is 168 g/mol. The predicted molar refractivity (Wildman–Crippen MR) is 45.2 cm³/mol. The van der Waals surface area contributed by atoms with Gasteiger partial charge in [0.05, 0.1) is 11.4 Å². The third-order valence-corrected chi connectivity index (χ3v) is 1.61. The Kier molecular flexibility index (Phi) is 1.99. The molecule has 0 fully saturated rings. The lowest BCUT2D eigenvalue weighted by Gasteiger charge is -2.05. The van der Waals surface area contributed by atoms with Crippen LogP contribution in [0.25, 0.3) is 0 Å². The summed E-state index contributed by atoms with van der Waals surface area (Å²) < 4.78 is 12.7. The summed E-state index contributed by atoms with van der Waals surface area (Å²) in [5.41, 5.74) is 10.8. The number of carbonyl (C=O) groups excluding carboxylic acids is 1. The van der Waals surface area contributed by atoms with Gasteiger partial charge in [0.15, 0.2) is 5.78 Å². The van der Waals surface area contributed by atoms with Gasteiger partial charge in [-0.25, -0.2) is 4.39 Å². The van der Waals surface area contributed by atoms with Crippen LogP contribution in [0.1, 0.15) is 17.3 Å². The number of hydrogen-bond acceptors (Lipinski definition) is 3. The van der Waals surface area contributed by atoms with Crippen LogP contribution in [0.4, 0.5) is 15.8 Å². The fourth-order valence-electron chi connectivity index (χ4n) is 0.917. The number of nitrogens with two attached hydrogens (primary N) is 2. The maximum absolute atomic E-state index is 12.7. The molecular formula is C8H9FN2O. The van der Waals surface area contributed by atoms with Crippen LogP contribution in [0.2, 0.25) is 0 Å². The molecule has 0 amide bonds. The molecule has 0 atom stereocenters. The molecule has 0 saturated carbocycles. The number of rotatable bonds is 1. The van der Waals surface area contributed by atoms with Gasteiger partial charge in [-0.3, -0.25) is 4.79 Å². The third kappa shape index (κ3) is 1.23. The van der Waals surface area contributed by atoms with Gasteiger partial charge in [0.25, 0.3) is 0 Å². The quantitative estimate of drug-likeness (QED) is 0.489. The molecule has 64 valence electrons. The van der Waals surface area contributed by atoms with Crippen molar-refractivity contribution >= 4 is 17.2 Å². The van der Waals surface area contributed by atoms with E-state index >= 15 is 0 Å². The zero-order chi connectivity index (χ0) is 9.30. The van der Waals surface area contributed by atoms with Crippen molar-refractivity contribution in [2.75, 3.05) is 11.5 Å². The first-order valence-electron chi connectivity index (χ1n) is 3.38. The van der Waals surface area contributed by atoms with Gasteiger partial charge in [-0.1, -0.05) is 0 Å². The van der Waals surface area contributed by atoms with E-state index in [1.807, 2.05) is 0 Å². The van der Waals surface area contributed by atoms with Gasteiger partial charge >= 0.3 is 0 Å². The molecule has 1 aromatic rings. The molecule has 0 radical (unpaired) electrons. The van der Waals surface area contributed by atoms with E-state index in [4.69, 9.17) is 11.5 Å². The minimum absolute atomic E-state index is 0.0162. The SMILES string of the molecule is CC(=O)c1ccc(F)c(N)c1N. The van der Waals surface area contributed by atoms with Crippen LogP contribution < -0.4 is 11.5 Å². The first-order chi connectivity index (χ1) is 5.54. The lowest BCUT2D eigenvalue weighted by atomic mass is 10.1. The van der Waals surface area contributed by atoms with Crippen molar-refractivity contribution in [3.05, 3.63) is 23.5 Å². The summed E-state index contributed by atoms with van der Waals surface area (Å²) >= 11 is 0.